The molecule has 0 atom stereocenters. The van der Waals surface area contributed by atoms with Gasteiger partial charge in [0.15, 0.2) is 0 Å². The van der Waals surface area contributed by atoms with Crippen LogP contribution >= 0.6 is 63.7 Å². The third-order valence-corrected chi connectivity index (χ3v) is 16.4. The summed E-state index contributed by atoms with van der Waals surface area (Å²) in [6.07, 6.45) is 2.26. The molecule has 10 aromatic carbocycles. The average Bonchev–Trinajstić information content (AvgIpc) is 0.777. The third-order valence-electron chi connectivity index (χ3n) is 14.6. The normalized spacial score (nSPS) is 9.55. The van der Waals surface area contributed by atoms with Gasteiger partial charge in [-0.1, -0.05) is 184 Å². The molecule has 0 unspecified atom stereocenters. The molecule has 0 N–H and O–H groups in total. The molecule has 0 aliphatic rings. The number of carboxylic acid groups (broad SMARTS) is 2. The molecule has 0 heterocycles. The van der Waals surface area contributed by atoms with Crippen LogP contribution in [0.25, 0.3) is 43.1 Å². The zero-order valence-corrected chi connectivity index (χ0v) is 77.7. The molecule has 0 aromatic heterocycles. The number of likely N-dealkylation sites (N-methyl/N-ethyl adjacent to an activating group) is 4. The number of nitriles is 2. The fourth-order valence-electron chi connectivity index (χ4n) is 10.1. The number of aromatic carboxylic acids is 2. The van der Waals surface area contributed by atoms with Gasteiger partial charge >= 0.3 is 114 Å². The van der Waals surface area contributed by atoms with Gasteiger partial charge in [0.25, 0.3) is 0 Å². The molecule has 0 amide bonds. The van der Waals surface area contributed by atoms with E-state index in [2.05, 4.69) is 63.7 Å². The summed E-state index contributed by atoms with van der Waals surface area (Å²) < 4.78 is 2.77. The molecule has 34 nitrogen and oxygen atoms in total. The Morgan fingerprint density at radius 1 is 0.362 bits per heavy atom. The van der Waals surface area contributed by atoms with Gasteiger partial charge in [0, 0.05) is 117 Å². The molecule has 0 saturated heterocycles. The molecule has 0 aliphatic carbocycles. The third kappa shape index (κ3) is 42.0. The number of aldehydes is 4. The van der Waals surface area contributed by atoms with Crippen molar-refractivity contribution < 1.29 is 193 Å². The van der Waals surface area contributed by atoms with E-state index in [1.807, 2.05) is 157 Å². The van der Waals surface area contributed by atoms with Crippen molar-refractivity contribution in [2.24, 2.45) is 0 Å². The van der Waals surface area contributed by atoms with Gasteiger partial charge in [-0.3, -0.25) is 19.2 Å². The second-order valence-corrected chi connectivity index (χ2v) is 26.3. The van der Waals surface area contributed by atoms with Crippen LogP contribution in [0.3, 0.4) is 0 Å². The first-order valence-corrected chi connectivity index (χ1v) is 34.6. The van der Waals surface area contributed by atoms with E-state index in [1.165, 1.54) is 38.1 Å². The van der Waals surface area contributed by atoms with E-state index in [0.29, 0.717) is 118 Å². The van der Waals surface area contributed by atoms with E-state index in [1.54, 1.807) is 36.4 Å². The Hall–Kier alpha value is -8.66. The molecule has 0 saturated carbocycles. The van der Waals surface area contributed by atoms with Gasteiger partial charge in [-0.25, -0.2) is 0 Å². The molecule has 610 valence electrons. The van der Waals surface area contributed by atoms with Crippen molar-refractivity contribution in [2.75, 3.05) is 54.4 Å². The van der Waals surface area contributed by atoms with Crippen LogP contribution < -0.4 is 30.6 Å². The Bertz CT molecular complexity index is 4440. The standard InChI is InChI=1S/2C20H22Br2N2O4.2C15H10O2.2C2H3N.2Er.4NO3.2Zn/c2*1-23(9-13-5-17(21)7-15(11-25)19(13)27)3-4-24(2)10-14-6-18(22)8-16(12-26)20(14)28;2*16-15(17)14-12-7-3-1-5-10(12)9-11-6-2-4-8-13(11)14;2*1-2-3;;;4*2-1(3)4;;/h2*5-8,11-12,27-28H,3-4,9-10H2,1-2H3;2*1-9H,(H,16,17);2*1H3;;;;;;;;/q;;;;;;2*+3;4*-1;2*+2/p-6. The summed E-state index contributed by atoms with van der Waals surface area (Å²) in [4.78, 5) is 108. The van der Waals surface area contributed by atoms with Crippen LogP contribution in [0.5, 0.6) is 23.0 Å². The predicted molar refractivity (Wildman–Crippen MR) is 417 cm³/mol. The van der Waals surface area contributed by atoms with Gasteiger partial charge < -0.3 is 121 Å². The summed E-state index contributed by atoms with van der Waals surface area (Å²) in [6, 6.07) is 50.3. The van der Waals surface area contributed by atoms with Crippen molar-refractivity contribution in [2.45, 2.75) is 40.0 Å². The number of rotatable bonds is 20. The number of hydrogen-bond donors (Lipinski definition) is 0. The topological polar surface area (TPSA) is 566 Å². The molecule has 0 spiro atoms. The van der Waals surface area contributed by atoms with Gasteiger partial charge in [-0.2, -0.15) is 10.5 Å². The fourth-order valence-corrected chi connectivity index (χ4v) is 12.2. The van der Waals surface area contributed by atoms with Gasteiger partial charge in [0.2, 0.25) is 0 Å². The van der Waals surface area contributed by atoms with E-state index < -0.39 is 32.3 Å². The van der Waals surface area contributed by atoms with Gasteiger partial charge in [0.1, 0.15) is 25.1 Å². The number of carbonyl (C=O) groups excluding carboxylic acids is 6. The Morgan fingerprint density at radius 3 is 0.664 bits per heavy atom. The Kier molecular flexibility index (Phi) is 59.6. The summed E-state index contributed by atoms with van der Waals surface area (Å²) in [5.74, 6) is -3.29. The average molecular weight is 2260 g/mol. The summed E-state index contributed by atoms with van der Waals surface area (Å²) in [5, 5.41) is 152. The maximum Gasteiger partial charge on any atom is 3.00 e. The second kappa shape index (κ2) is 60.8. The number of nitrogens with zero attached hydrogens (tertiary/aromatic N) is 10. The van der Waals surface area contributed by atoms with Crippen molar-refractivity contribution in [3.05, 3.63) is 293 Å². The minimum Gasteiger partial charge on any atom is -0.872 e. The van der Waals surface area contributed by atoms with Gasteiger partial charge in [0.05, 0.1) is 44.4 Å². The maximum absolute atomic E-state index is 12.2. The van der Waals surface area contributed by atoms with Gasteiger partial charge in [-0.15, -0.1) is 0 Å². The first-order chi connectivity index (χ1) is 52.8. The molecular weight excluding hydrogens is 2200 g/mol. The summed E-state index contributed by atoms with van der Waals surface area (Å²) >= 11 is 13.3. The molecule has 42 heteroatoms. The number of benzene rings is 10. The van der Waals surface area contributed by atoms with Crippen LogP contribution in [0.1, 0.15) is 98.2 Å². The minimum atomic E-state index is -1.75. The summed E-state index contributed by atoms with van der Waals surface area (Å²) in [5.41, 5.74) is 3.29. The Labute approximate surface area is 780 Å². The number of fused-ring (bicyclic) bond motifs is 4. The van der Waals surface area contributed by atoms with E-state index >= 15 is 0 Å². The zero-order chi connectivity index (χ0) is 85.1. The predicted octanol–water partition coefficient (Wildman–Crippen LogP) is 9.91. The minimum absolute atomic E-state index is 0. The fraction of sp³-hybridized carbons (Fsp3) is 0.189. The molecule has 116 heavy (non-hydrogen) atoms. The van der Waals surface area contributed by atoms with E-state index in [4.69, 9.17) is 71.8 Å². The largest absolute Gasteiger partial charge is 3.00 e. The zero-order valence-electron chi connectivity index (χ0n) is 61.8. The molecular formula is C74H64Br4Er2N10O24Zn2. The SMILES string of the molecule is CC#N.CC#N.CN(CCN(C)Cc1cc(Br)cc(C=O)c1[O-])Cc1cc(Br)cc(C=O)c1[O-].CN(CCN(C)Cc1cc(Br)cc(C=O)c1[O-])Cc1cc(Br)cc(C=O)c1[O-].O=C([O-])c1c2ccccc2cc2ccccc12.O=C([O-])c1c2ccccc2cc2ccccc12.O=[N+]([O-])[O-].O=[N+]([O-])[O-].O=[N+]([O-])[O-].O=[N+]([O-])[O-].[Er+3].[Er+3].[Zn+2].[Zn+2]. The summed E-state index contributed by atoms with van der Waals surface area (Å²) in [6.45, 7) is 7.11. The molecule has 10 aromatic rings. The second-order valence-electron chi connectivity index (χ2n) is 22.7. The first-order valence-electron chi connectivity index (χ1n) is 31.4. The number of carbonyl (C=O) groups is 6. The monoisotopic (exact) mass is 2250 g/mol. The summed E-state index contributed by atoms with van der Waals surface area (Å²) in [7, 11) is 7.55. The molecule has 10 rings (SSSR count). The van der Waals surface area contributed by atoms with Crippen LogP contribution in [0.2, 0.25) is 0 Å². The quantitative estimate of drug-likeness (QED) is 0.0225. The van der Waals surface area contributed by atoms with Gasteiger partial charge in [-0.05, 0) is 154 Å². The molecule has 0 fully saturated rings. The van der Waals surface area contributed by atoms with Crippen molar-refractivity contribution in [3.8, 4) is 35.1 Å². The molecule has 0 aliphatic heterocycles. The van der Waals surface area contributed by atoms with Crippen molar-refractivity contribution in [3.63, 3.8) is 0 Å². The smallest absolute Gasteiger partial charge is 0.872 e. The van der Waals surface area contributed by atoms with Crippen molar-refractivity contribution in [1.29, 1.82) is 10.5 Å². The van der Waals surface area contributed by atoms with E-state index in [-0.39, 0.29) is 170 Å². The van der Waals surface area contributed by atoms with Crippen LogP contribution in [0.4, 0.5) is 0 Å². The molecule has 0 bridgehead atoms. The Balaban J connectivity index is -0.000000664. The number of hydrogen-bond acceptors (Lipinski definition) is 30. The van der Waals surface area contributed by atoms with Crippen LogP contribution in [0.15, 0.2) is 176 Å². The maximum atomic E-state index is 12.2. The van der Waals surface area contributed by atoms with Crippen LogP contribution in [-0.4, -0.2) is 131 Å². The number of carboxylic acids is 2. The van der Waals surface area contributed by atoms with Crippen LogP contribution in [0, 0.1) is 159 Å². The van der Waals surface area contributed by atoms with Crippen LogP contribution in [-0.2, 0) is 65.1 Å². The van der Waals surface area contributed by atoms with Crippen molar-refractivity contribution >= 4 is 144 Å². The van der Waals surface area contributed by atoms with Crippen molar-refractivity contribution in [1.82, 2.24) is 19.6 Å². The number of halogens is 4. The van der Waals surface area contributed by atoms with E-state index in [0.717, 1.165) is 43.1 Å². The molecule has 2 radical (unpaired) electrons. The Morgan fingerprint density at radius 2 is 0.517 bits per heavy atom. The first kappa shape index (κ1) is 114. The van der Waals surface area contributed by atoms with E-state index in [9.17, 15) is 59.4 Å².